The van der Waals surface area contributed by atoms with E-state index in [1.807, 2.05) is 25.1 Å². The lowest BCUT2D eigenvalue weighted by Gasteiger charge is -2.06. The summed E-state index contributed by atoms with van der Waals surface area (Å²) in [6.07, 6.45) is 4.26. The zero-order valence-corrected chi connectivity index (χ0v) is 16.7. The van der Waals surface area contributed by atoms with E-state index in [0.29, 0.717) is 21.7 Å². The molecule has 0 amide bonds. The van der Waals surface area contributed by atoms with Gasteiger partial charge in [-0.2, -0.15) is 8.42 Å². The topological polar surface area (TPSA) is 111 Å². The van der Waals surface area contributed by atoms with E-state index in [-0.39, 0.29) is 4.21 Å². The summed E-state index contributed by atoms with van der Waals surface area (Å²) in [5, 5.41) is 0.999. The molecule has 0 aliphatic heterocycles. The first-order chi connectivity index (χ1) is 13.3. The summed E-state index contributed by atoms with van der Waals surface area (Å²) >= 11 is 6.77. The Morgan fingerprint density at radius 3 is 2.54 bits per heavy atom. The number of hydrogen-bond donors (Lipinski definition) is 1. The molecule has 0 aliphatic carbocycles. The first-order valence-corrected chi connectivity index (χ1v) is 10.5. The monoisotopic (exact) mass is 433 g/mol. The third-order valence-corrected chi connectivity index (χ3v) is 6.32. The summed E-state index contributed by atoms with van der Waals surface area (Å²) in [5.74, 6) is 0.412. The number of rotatable bonds is 4. The highest BCUT2D eigenvalue weighted by molar-refractivity contribution is 7.88. The Labute approximate surface area is 169 Å². The third kappa shape index (κ3) is 3.80. The average Bonchev–Trinajstić information content (AvgIpc) is 3.31. The van der Waals surface area contributed by atoms with Crippen LogP contribution in [0.5, 0.6) is 0 Å². The quantitative estimate of drug-likeness (QED) is 0.489. The molecule has 28 heavy (non-hydrogen) atoms. The Balaban J connectivity index is 1.71. The Morgan fingerprint density at radius 2 is 1.86 bits per heavy atom. The number of aromatic nitrogens is 5. The van der Waals surface area contributed by atoms with Crippen LogP contribution in [0.4, 0.5) is 0 Å². The van der Waals surface area contributed by atoms with E-state index in [2.05, 4.69) is 19.9 Å². The minimum atomic E-state index is -4.29. The van der Waals surface area contributed by atoms with Gasteiger partial charge in [-0.25, -0.2) is 19.9 Å². The first-order valence-electron chi connectivity index (χ1n) is 7.89. The van der Waals surface area contributed by atoms with Crippen molar-refractivity contribution >= 4 is 33.1 Å². The summed E-state index contributed by atoms with van der Waals surface area (Å²) < 4.78 is 32.9. The van der Waals surface area contributed by atoms with Crippen molar-refractivity contribution in [1.82, 2.24) is 24.5 Å². The second-order valence-electron chi connectivity index (χ2n) is 5.83. The van der Waals surface area contributed by atoms with Gasteiger partial charge in [0.25, 0.3) is 0 Å². The lowest BCUT2D eigenvalue weighted by Crippen LogP contribution is -2.01. The van der Waals surface area contributed by atoms with E-state index in [4.69, 9.17) is 16.2 Å². The predicted molar refractivity (Wildman–Crippen MR) is 105 cm³/mol. The molecule has 8 nitrogen and oxygen atoms in total. The SMILES string of the molecule is Cc1cc(-c2ccc(Cl)cc2)nc(-n2cnc(-c3ncc(S(=O)(=O)O)s3)c2)n1. The number of aryl methyl sites for hydroxylation is 1. The number of hydrogen-bond acceptors (Lipinski definition) is 7. The highest BCUT2D eigenvalue weighted by Gasteiger charge is 2.17. The Bertz CT molecular complexity index is 1270. The minimum absolute atomic E-state index is 0.242. The van der Waals surface area contributed by atoms with Gasteiger partial charge in [0.1, 0.15) is 17.0 Å². The van der Waals surface area contributed by atoms with E-state index in [1.54, 1.807) is 22.9 Å². The van der Waals surface area contributed by atoms with Gasteiger partial charge < -0.3 is 0 Å². The van der Waals surface area contributed by atoms with Crippen LogP contribution in [0.2, 0.25) is 5.02 Å². The fourth-order valence-electron chi connectivity index (χ4n) is 2.48. The molecule has 1 N–H and O–H groups in total. The Hall–Kier alpha value is -2.66. The lowest BCUT2D eigenvalue weighted by atomic mass is 10.1. The second-order valence-corrected chi connectivity index (χ2v) is 8.94. The van der Waals surface area contributed by atoms with Crippen molar-refractivity contribution in [3.05, 3.63) is 59.8 Å². The van der Waals surface area contributed by atoms with Crippen molar-refractivity contribution < 1.29 is 13.0 Å². The van der Waals surface area contributed by atoms with Crippen LogP contribution >= 0.6 is 22.9 Å². The highest BCUT2D eigenvalue weighted by Crippen LogP contribution is 2.27. The molecule has 0 unspecified atom stereocenters. The van der Waals surface area contributed by atoms with Gasteiger partial charge in [-0.05, 0) is 25.1 Å². The van der Waals surface area contributed by atoms with Gasteiger partial charge in [-0.3, -0.25) is 9.12 Å². The van der Waals surface area contributed by atoms with Crippen LogP contribution in [0.1, 0.15) is 5.69 Å². The van der Waals surface area contributed by atoms with Crippen LogP contribution in [0.15, 0.2) is 53.3 Å². The standard InChI is InChI=1S/C17H12ClN5O3S2/c1-10-6-13(11-2-4-12(18)5-3-11)22-17(21-10)23-8-14(20-9-23)16-19-7-15(27-16)28(24,25)26/h2-9H,1H3,(H,24,25,26). The minimum Gasteiger partial charge on any atom is -0.281 e. The molecule has 0 bridgehead atoms. The van der Waals surface area contributed by atoms with Gasteiger partial charge in [0.2, 0.25) is 5.95 Å². The van der Waals surface area contributed by atoms with Crippen LogP contribution in [-0.2, 0) is 10.1 Å². The van der Waals surface area contributed by atoms with Gasteiger partial charge in [-0.15, -0.1) is 0 Å². The molecule has 4 aromatic rings. The molecule has 0 fully saturated rings. The van der Waals surface area contributed by atoms with E-state index in [0.717, 1.165) is 34.5 Å². The summed E-state index contributed by atoms with van der Waals surface area (Å²) in [6.45, 7) is 1.86. The molecule has 142 valence electrons. The van der Waals surface area contributed by atoms with Gasteiger partial charge in [0, 0.05) is 22.5 Å². The number of nitrogens with zero attached hydrogens (tertiary/aromatic N) is 5. The van der Waals surface area contributed by atoms with E-state index in [9.17, 15) is 8.42 Å². The van der Waals surface area contributed by atoms with Gasteiger partial charge in [0.05, 0.1) is 11.9 Å². The molecular formula is C17H12ClN5O3S2. The van der Waals surface area contributed by atoms with E-state index >= 15 is 0 Å². The second kappa shape index (κ2) is 7.06. The van der Waals surface area contributed by atoms with Gasteiger partial charge >= 0.3 is 10.1 Å². The normalized spacial score (nSPS) is 11.7. The zero-order valence-electron chi connectivity index (χ0n) is 14.3. The summed E-state index contributed by atoms with van der Waals surface area (Å²) in [4.78, 5) is 17.2. The zero-order chi connectivity index (χ0) is 19.9. The molecule has 1 aromatic carbocycles. The molecule has 0 radical (unpaired) electrons. The maximum absolute atomic E-state index is 11.2. The maximum Gasteiger partial charge on any atom is 0.305 e. The van der Waals surface area contributed by atoms with Gasteiger partial charge in [-0.1, -0.05) is 35.1 Å². The number of benzene rings is 1. The number of imidazole rings is 1. The summed E-state index contributed by atoms with van der Waals surface area (Å²) in [6, 6.07) is 9.19. The third-order valence-electron chi connectivity index (χ3n) is 3.75. The van der Waals surface area contributed by atoms with Gasteiger partial charge in [0.15, 0.2) is 4.21 Å². The largest absolute Gasteiger partial charge is 0.305 e. The molecule has 0 spiro atoms. The Kier molecular flexibility index (Phi) is 4.71. The maximum atomic E-state index is 11.2. The van der Waals surface area contributed by atoms with Crippen molar-refractivity contribution in [2.75, 3.05) is 0 Å². The van der Waals surface area contributed by atoms with Crippen LogP contribution < -0.4 is 0 Å². The summed E-state index contributed by atoms with van der Waals surface area (Å²) in [7, 11) is -4.29. The lowest BCUT2D eigenvalue weighted by molar-refractivity contribution is 0.485. The highest BCUT2D eigenvalue weighted by atomic mass is 35.5. The van der Waals surface area contributed by atoms with Crippen molar-refractivity contribution in [1.29, 1.82) is 0 Å². The smallest absolute Gasteiger partial charge is 0.281 e. The van der Waals surface area contributed by atoms with Crippen molar-refractivity contribution in [3.8, 4) is 27.9 Å². The van der Waals surface area contributed by atoms with Crippen LogP contribution in [0, 0.1) is 6.92 Å². The molecule has 3 heterocycles. The summed E-state index contributed by atoms with van der Waals surface area (Å²) in [5.41, 5.74) is 2.85. The Morgan fingerprint density at radius 1 is 1.11 bits per heavy atom. The molecular weight excluding hydrogens is 422 g/mol. The fourth-order valence-corrected chi connectivity index (χ4v) is 4.06. The van der Waals surface area contributed by atoms with E-state index in [1.165, 1.54) is 6.33 Å². The van der Waals surface area contributed by atoms with Crippen LogP contribution in [-0.4, -0.2) is 37.5 Å². The van der Waals surface area contributed by atoms with Crippen LogP contribution in [0.3, 0.4) is 0 Å². The molecule has 11 heteroatoms. The van der Waals surface area contributed by atoms with E-state index < -0.39 is 10.1 Å². The molecule has 0 aliphatic rings. The van der Waals surface area contributed by atoms with Crippen molar-refractivity contribution in [2.24, 2.45) is 0 Å². The molecule has 0 saturated carbocycles. The molecule has 0 saturated heterocycles. The average molecular weight is 434 g/mol. The molecule has 0 atom stereocenters. The fraction of sp³-hybridized carbons (Fsp3) is 0.0588. The van der Waals surface area contributed by atoms with Crippen LogP contribution in [0.25, 0.3) is 27.9 Å². The van der Waals surface area contributed by atoms with Crippen molar-refractivity contribution in [3.63, 3.8) is 0 Å². The number of halogens is 1. The predicted octanol–water partition coefficient (Wildman–Crippen LogP) is 3.66. The molecule has 4 rings (SSSR count). The van der Waals surface area contributed by atoms with Crippen molar-refractivity contribution in [2.45, 2.75) is 11.1 Å². The molecule has 3 aromatic heterocycles. The number of thiazole rings is 1. The first kappa shape index (κ1) is 18.7.